The van der Waals surface area contributed by atoms with Crippen molar-refractivity contribution >= 4 is 34.4 Å². The van der Waals surface area contributed by atoms with Gasteiger partial charge in [-0.25, -0.2) is 9.37 Å². The number of thiophene rings is 1. The highest BCUT2D eigenvalue weighted by Gasteiger charge is 2.13. The molecule has 3 aromatic rings. The maximum Gasteiger partial charge on any atom is 0.140 e. The van der Waals surface area contributed by atoms with Gasteiger partial charge in [0, 0.05) is 11.6 Å². The number of aromatic nitrogens is 2. The predicted molar refractivity (Wildman–Crippen MR) is 67.9 cm³/mol. The van der Waals surface area contributed by atoms with Crippen LogP contribution in [-0.2, 0) is 0 Å². The van der Waals surface area contributed by atoms with Crippen LogP contribution in [0.1, 0.15) is 0 Å². The van der Waals surface area contributed by atoms with Gasteiger partial charge >= 0.3 is 0 Å². The van der Waals surface area contributed by atoms with Crippen LogP contribution in [0.15, 0.2) is 29.8 Å². The number of hydrogen-bond acceptors (Lipinski definition) is 3. The lowest BCUT2D eigenvalue weighted by atomic mass is 10.3. The number of rotatable bonds is 1. The van der Waals surface area contributed by atoms with Crippen LogP contribution in [0.4, 0.5) is 10.2 Å². The maximum absolute atomic E-state index is 13.1. The van der Waals surface area contributed by atoms with Gasteiger partial charge in [-0.1, -0.05) is 11.6 Å². The van der Waals surface area contributed by atoms with E-state index in [1.165, 1.54) is 28.0 Å². The van der Waals surface area contributed by atoms with E-state index in [0.29, 0.717) is 22.2 Å². The van der Waals surface area contributed by atoms with Crippen molar-refractivity contribution in [2.24, 2.45) is 0 Å². The topological polar surface area (TPSA) is 43.3 Å². The van der Waals surface area contributed by atoms with Crippen molar-refractivity contribution < 1.29 is 4.39 Å². The molecular formula is C11H7ClFN3S. The summed E-state index contributed by atoms with van der Waals surface area (Å²) in [6.45, 7) is 0. The molecule has 0 fully saturated rings. The maximum atomic E-state index is 13.1. The molecule has 6 heteroatoms. The summed E-state index contributed by atoms with van der Waals surface area (Å²) >= 11 is 7.32. The molecule has 86 valence electrons. The Labute approximate surface area is 105 Å². The Balaban J connectivity index is 2.27. The summed E-state index contributed by atoms with van der Waals surface area (Å²) in [5.74, 6) is 0.0652. The molecule has 0 spiro atoms. The second kappa shape index (κ2) is 3.72. The van der Waals surface area contributed by atoms with E-state index in [0.717, 1.165) is 4.88 Å². The fourth-order valence-electron chi connectivity index (χ4n) is 1.66. The van der Waals surface area contributed by atoms with Crippen molar-refractivity contribution in [3.8, 4) is 10.6 Å². The van der Waals surface area contributed by atoms with E-state index in [1.54, 1.807) is 17.5 Å². The van der Waals surface area contributed by atoms with Gasteiger partial charge in [-0.05, 0) is 18.2 Å². The number of hydrogen-bond donors (Lipinski definition) is 1. The molecule has 3 nitrogen and oxygen atoms in total. The quantitative estimate of drug-likeness (QED) is 0.734. The molecule has 2 N–H and O–H groups in total. The molecule has 0 aromatic carbocycles. The lowest BCUT2D eigenvalue weighted by molar-refractivity contribution is 0.619. The predicted octanol–water partition coefficient (Wildman–Crippen LogP) is 3.44. The number of nitrogens with two attached hydrogens (primary N) is 1. The Kier molecular flexibility index (Phi) is 2.31. The Morgan fingerprint density at radius 1 is 1.41 bits per heavy atom. The number of fused-ring (bicyclic) bond motifs is 1. The van der Waals surface area contributed by atoms with Gasteiger partial charge in [0.25, 0.3) is 0 Å². The number of nitrogens with zero attached hydrogens (tertiary/aromatic N) is 2. The van der Waals surface area contributed by atoms with Crippen molar-refractivity contribution in [2.75, 3.05) is 5.73 Å². The zero-order valence-electron chi connectivity index (χ0n) is 8.52. The number of halogens is 2. The number of nitrogen functional groups attached to an aromatic ring is 1. The molecule has 0 radical (unpaired) electrons. The van der Waals surface area contributed by atoms with Crippen LogP contribution in [0.5, 0.6) is 0 Å². The van der Waals surface area contributed by atoms with Crippen LogP contribution < -0.4 is 5.73 Å². The first-order chi connectivity index (χ1) is 8.15. The van der Waals surface area contributed by atoms with E-state index in [9.17, 15) is 4.39 Å². The van der Waals surface area contributed by atoms with Gasteiger partial charge in [0.1, 0.15) is 23.0 Å². The minimum Gasteiger partial charge on any atom is -0.383 e. The van der Waals surface area contributed by atoms with Crippen molar-refractivity contribution in [2.45, 2.75) is 0 Å². The lowest BCUT2D eigenvalue weighted by Crippen LogP contribution is -1.94. The Hall–Kier alpha value is -1.59. The molecule has 0 saturated carbocycles. The molecular weight excluding hydrogens is 261 g/mol. The fourth-order valence-corrected chi connectivity index (χ4v) is 2.73. The van der Waals surface area contributed by atoms with Crippen LogP contribution in [0.2, 0.25) is 5.02 Å². The average Bonchev–Trinajstić information content (AvgIpc) is 2.84. The van der Waals surface area contributed by atoms with Crippen LogP contribution in [0, 0.1) is 5.82 Å². The van der Waals surface area contributed by atoms with Crippen LogP contribution in [-0.4, -0.2) is 9.38 Å². The summed E-state index contributed by atoms with van der Waals surface area (Å²) in [6, 6.07) is 4.73. The highest BCUT2D eigenvalue weighted by Crippen LogP contribution is 2.33. The molecule has 0 saturated heterocycles. The molecule has 0 bridgehead atoms. The van der Waals surface area contributed by atoms with Crippen LogP contribution in [0.25, 0.3) is 16.2 Å². The standard InChI is InChI=1S/C11H7ClFN3S/c12-6-3-8(17-5-6)10-11(14)16-4-7(13)1-2-9(16)15-10/h1-5H,14H2. The molecule has 0 unspecified atom stereocenters. The van der Waals surface area contributed by atoms with Gasteiger partial charge in [0.05, 0.1) is 9.90 Å². The Morgan fingerprint density at radius 3 is 2.94 bits per heavy atom. The van der Waals surface area contributed by atoms with Gasteiger partial charge in [-0.15, -0.1) is 11.3 Å². The van der Waals surface area contributed by atoms with Gasteiger partial charge in [0.15, 0.2) is 0 Å². The SMILES string of the molecule is Nc1c(-c2cc(Cl)cs2)nc2ccc(F)cn12. The lowest BCUT2D eigenvalue weighted by Gasteiger charge is -1.96. The second-order valence-electron chi connectivity index (χ2n) is 3.55. The first-order valence-electron chi connectivity index (χ1n) is 4.82. The van der Waals surface area contributed by atoms with Crippen molar-refractivity contribution in [1.29, 1.82) is 0 Å². The summed E-state index contributed by atoms with van der Waals surface area (Å²) in [5, 5.41) is 2.45. The molecule has 0 aliphatic rings. The smallest absolute Gasteiger partial charge is 0.140 e. The molecule has 3 heterocycles. The minimum absolute atomic E-state index is 0.350. The Bertz CT molecular complexity index is 704. The first-order valence-corrected chi connectivity index (χ1v) is 6.08. The van der Waals surface area contributed by atoms with Gasteiger partial charge in [-0.3, -0.25) is 4.40 Å². The van der Waals surface area contributed by atoms with E-state index in [4.69, 9.17) is 17.3 Å². The van der Waals surface area contributed by atoms with E-state index >= 15 is 0 Å². The summed E-state index contributed by atoms with van der Waals surface area (Å²) in [4.78, 5) is 5.23. The van der Waals surface area contributed by atoms with Crippen molar-refractivity contribution in [3.63, 3.8) is 0 Å². The minimum atomic E-state index is -0.350. The normalized spacial score (nSPS) is 11.2. The third-order valence-electron chi connectivity index (χ3n) is 2.42. The van der Waals surface area contributed by atoms with E-state index in [1.807, 2.05) is 0 Å². The summed E-state index contributed by atoms with van der Waals surface area (Å²) in [6.07, 6.45) is 1.32. The number of anilines is 1. The first kappa shape index (κ1) is 10.6. The molecule has 3 aromatic heterocycles. The Morgan fingerprint density at radius 2 is 2.24 bits per heavy atom. The van der Waals surface area contributed by atoms with Gasteiger partial charge in [0.2, 0.25) is 0 Å². The van der Waals surface area contributed by atoms with E-state index in [-0.39, 0.29) is 5.82 Å². The number of pyridine rings is 1. The third kappa shape index (κ3) is 1.67. The van der Waals surface area contributed by atoms with Crippen LogP contribution >= 0.6 is 22.9 Å². The monoisotopic (exact) mass is 267 g/mol. The highest BCUT2D eigenvalue weighted by atomic mass is 35.5. The molecule has 3 rings (SSSR count). The fraction of sp³-hybridized carbons (Fsp3) is 0. The largest absolute Gasteiger partial charge is 0.383 e. The zero-order valence-corrected chi connectivity index (χ0v) is 10.1. The van der Waals surface area contributed by atoms with Gasteiger partial charge < -0.3 is 5.73 Å². The highest BCUT2D eigenvalue weighted by molar-refractivity contribution is 7.14. The summed E-state index contributed by atoms with van der Waals surface area (Å²) < 4.78 is 14.6. The number of imidazole rings is 1. The molecule has 0 atom stereocenters. The second-order valence-corrected chi connectivity index (χ2v) is 4.90. The van der Waals surface area contributed by atoms with Crippen LogP contribution in [0.3, 0.4) is 0 Å². The van der Waals surface area contributed by atoms with Crippen molar-refractivity contribution in [1.82, 2.24) is 9.38 Å². The molecule has 0 aliphatic carbocycles. The molecule has 0 amide bonds. The van der Waals surface area contributed by atoms with Crippen molar-refractivity contribution in [3.05, 3.63) is 40.6 Å². The summed E-state index contributed by atoms with van der Waals surface area (Å²) in [7, 11) is 0. The summed E-state index contributed by atoms with van der Waals surface area (Å²) in [5.41, 5.74) is 7.19. The van der Waals surface area contributed by atoms with E-state index < -0.39 is 0 Å². The molecule has 0 aliphatic heterocycles. The van der Waals surface area contributed by atoms with E-state index in [2.05, 4.69) is 4.98 Å². The van der Waals surface area contributed by atoms with Gasteiger partial charge in [-0.2, -0.15) is 0 Å². The average molecular weight is 268 g/mol. The third-order valence-corrected chi connectivity index (χ3v) is 3.70. The zero-order chi connectivity index (χ0) is 12.0. The molecule has 17 heavy (non-hydrogen) atoms.